The Hall–Kier alpha value is -1.52. The van der Waals surface area contributed by atoms with Crippen molar-refractivity contribution in [2.75, 3.05) is 6.54 Å². The van der Waals surface area contributed by atoms with Crippen molar-refractivity contribution in [3.8, 4) is 0 Å². The van der Waals surface area contributed by atoms with E-state index in [4.69, 9.17) is 5.73 Å². The number of halogens is 1. The number of aryl methyl sites for hydroxylation is 1. The molecule has 1 amide bonds. The maximum atomic E-state index is 12.3. The third-order valence-electron chi connectivity index (χ3n) is 5.05. The molecule has 5 heteroatoms. The molecule has 1 saturated carbocycles. The maximum absolute atomic E-state index is 12.3. The number of nitrogens with two attached hydrogens (primary N) is 1. The number of carbonyl (C=O) groups excluding carboxylic acids is 1. The summed E-state index contributed by atoms with van der Waals surface area (Å²) in [6, 6.07) is 6.63. The van der Waals surface area contributed by atoms with Crippen LogP contribution in [0.25, 0.3) is 10.9 Å². The minimum Gasteiger partial charge on any atom is -0.361 e. The zero-order chi connectivity index (χ0) is 16.2. The highest BCUT2D eigenvalue weighted by atomic mass is 35.5. The number of hydrogen-bond donors (Lipinski definition) is 3. The second kappa shape index (κ2) is 8.54. The number of benzene rings is 1. The van der Waals surface area contributed by atoms with Crippen molar-refractivity contribution in [3.05, 3.63) is 35.5 Å². The number of hydrogen-bond acceptors (Lipinski definition) is 2. The van der Waals surface area contributed by atoms with Crippen molar-refractivity contribution in [1.82, 2.24) is 10.3 Å². The molecule has 2 unspecified atom stereocenters. The molecule has 4 nitrogen and oxygen atoms in total. The molecule has 1 aliphatic carbocycles. The highest BCUT2D eigenvalue weighted by Crippen LogP contribution is 2.24. The van der Waals surface area contributed by atoms with Crippen molar-refractivity contribution in [1.29, 1.82) is 0 Å². The first-order valence-electron chi connectivity index (χ1n) is 8.80. The molecule has 132 valence electrons. The van der Waals surface area contributed by atoms with E-state index in [1.807, 2.05) is 0 Å². The van der Waals surface area contributed by atoms with Gasteiger partial charge in [0.1, 0.15) is 0 Å². The van der Waals surface area contributed by atoms with Gasteiger partial charge in [-0.2, -0.15) is 0 Å². The van der Waals surface area contributed by atoms with E-state index >= 15 is 0 Å². The summed E-state index contributed by atoms with van der Waals surface area (Å²) in [6.07, 6.45) is 7.89. The highest BCUT2D eigenvalue weighted by molar-refractivity contribution is 5.86. The zero-order valence-corrected chi connectivity index (χ0v) is 15.1. The number of rotatable bonds is 5. The lowest BCUT2D eigenvalue weighted by Crippen LogP contribution is -2.38. The average Bonchev–Trinajstić information content (AvgIpc) is 2.98. The first-order valence-corrected chi connectivity index (χ1v) is 8.80. The van der Waals surface area contributed by atoms with Gasteiger partial charge in [-0.3, -0.25) is 4.79 Å². The predicted molar refractivity (Wildman–Crippen MR) is 102 cm³/mol. The van der Waals surface area contributed by atoms with Crippen LogP contribution in [0.1, 0.15) is 43.7 Å². The number of para-hydroxylation sites is 1. The molecule has 4 N–H and O–H groups in total. The summed E-state index contributed by atoms with van der Waals surface area (Å²) in [5, 5.41) is 4.37. The number of carbonyl (C=O) groups is 1. The lowest BCUT2D eigenvalue weighted by atomic mass is 9.85. The molecule has 24 heavy (non-hydrogen) atoms. The van der Waals surface area contributed by atoms with E-state index in [9.17, 15) is 4.79 Å². The molecular formula is C19H28ClN3O. The third kappa shape index (κ3) is 4.11. The summed E-state index contributed by atoms with van der Waals surface area (Å²) in [4.78, 5) is 15.6. The molecule has 2 aromatic rings. The second-order valence-electron chi connectivity index (χ2n) is 6.67. The third-order valence-corrected chi connectivity index (χ3v) is 5.05. The summed E-state index contributed by atoms with van der Waals surface area (Å²) in [5.41, 5.74) is 9.82. The van der Waals surface area contributed by atoms with E-state index in [0.717, 1.165) is 38.5 Å². The molecule has 3 rings (SSSR count). The van der Waals surface area contributed by atoms with E-state index in [-0.39, 0.29) is 30.3 Å². The fourth-order valence-corrected chi connectivity index (χ4v) is 3.71. The fourth-order valence-electron chi connectivity index (χ4n) is 3.71. The van der Waals surface area contributed by atoms with Crippen LogP contribution in [0.3, 0.4) is 0 Å². The van der Waals surface area contributed by atoms with Crippen LogP contribution in [0.2, 0.25) is 0 Å². The minimum atomic E-state index is 0. The number of amides is 1. The molecule has 1 aromatic carbocycles. The monoisotopic (exact) mass is 349 g/mol. The van der Waals surface area contributed by atoms with Crippen molar-refractivity contribution >= 4 is 29.2 Å². The van der Waals surface area contributed by atoms with Gasteiger partial charge in [-0.25, -0.2) is 0 Å². The molecule has 0 bridgehead atoms. The Balaban J connectivity index is 0.00000208. The van der Waals surface area contributed by atoms with Crippen molar-refractivity contribution in [2.24, 2.45) is 11.7 Å². The standard InChI is InChI=1S/C19H27N3O.ClH/c1-2-13-5-4-8-17-15(12-22-18(13)17)9-10-21-19(23)14-6-3-7-16(20)11-14;/h4-5,8,12,14,16,22H,2-3,6-7,9-11,20H2,1H3,(H,21,23);1H. The van der Waals surface area contributed by atoms with Gasteiger partial charge >= 0.3 is 0 Å². The van der Waals surface area contributed by atoms with E-state index in [0.29, 0.717) is 6.54 Å². The van der Waals surface area contributed by atoms with Gasteiger partial charge in [0.15, 0.2) is 0 Å². The summed E-state index contributed by atoms with van der Waals surface area (Å²) >= 11 is 0. The zero-order valence-electron chi connectivity index (χ0n) is 14.3. The lowest BCUT2D eigenvalue weighted by molar-refractivity contribution is -0.126. The molecule has 2 atom stereocenters. The molecule has 0 saturated heterocycles. The van der Waals surface area contributed by atoms with Crippen LogP contribution in [0, 0.1) is 5.92 Å². The Bertz CT molecular complexity index is 682. The minimum absolute atomic E-state index is 0. The largest absolute Gasteiger partial charge is 0.361 e. The highest BCUT2D eigenvalue weighted by Gasteiger charge is 2.24. The van der Waals surface area contributed by atoms with Crippen molar-refractivity contribution < 1.29 is 4.79 Å². The number of aromatic nitrogens is 1. The molecule has 1 aliphatic rings. The van der Waals surface area contributed by atoms with Crippen LogP contribution in [-0.2, 0) is 17.6 Å². The summed E-state index contributed by atoms with van der Waals surface area (Å²) in [5.74, 6) is 0.280. The van der Waals surface area contributed by atoms with Crippen molar-refractivity contribution in [2.45, 2.75) is 51.5 Å². The van der Waals surface area contributed by atoms with E-state index < -0.39 is 0 Å². The average molecular weight is 350 g/mol. The number of fused-ring (bicyclic) bond motifs is 1. The van der Waals surface area contributed by atoms with Gasteiger partial charge in [0, 0.05) is 35.6 Å². The molecule has 0 radical (unpaired) electrons. The molecule has 1 heterocycles. The van der Waals surface area contributed by atoms with E-state index in [1.165, 1.54) is 22.0 Å². The smallest absolute Gasteiger partial charge is 0.223 e. The van der Waals surface area contributed by atoms with E-state index in [2.05, 4.69) is 41.6 Å². The predicted octanol–water partition coefficient (Wildman–Crippen LogP) is 3.33. The van der Waals surface area contributed by atoms with Gasteiger partial charge < -0.3 is 16.0 Å². The first kappa shape index (κ1) is 18.8. The number of nitrogens with one attached hydrogen (secondary N) is 2. The summed E-state index contributed by atoms with van der Waals surface area (Å²) < 4.78 is 0. The van der Waals surface area contributed by atoms with Crippen LogP contribution in [-0.4, -0.2) is 23.5 Å². The van der Waals surface area contributed by atoms with Crippen LogP contribution in [0.5, 0.6) is 0 Å². The van der Waals surface area contributed by atoms with Gasteiger partial charge in [-0.1, -0.05) is 31.5 Å². The van der Waals surface area contributed by atoms with Gasteiger partial charge in [0.25, 0.3) is 0 Å². The Morgan fingerprint density at radius 1 is 1.33 bits per heavy atom. The molecule has 0 spiro atoms. The Kier molecular flexibility index (Phi) is 6.69. The van der Waals surface area contributed by atoms with Crippen molar-refractivity contribution in [3.63, 3.8) is 0 Å². The SMILES string of the molecule is CCc1cccc2c(CCNC(=O)C3CCCC(N)C3)c[nH]c12.Cl. The number of H-pyrrole nitrogens is 1. The number of aromatic amines is 1. The molecule has 1 fully saturated rings. The first-order chi connectivity index (χ1) is 11.2. The Morgan fingerprint density at radius 2 is 2.17 bits per heavy atom. The topological polar surface area (TPSA) is 70.9 Å². The van der Waals surface area contributed by atoms with Crippen LogP contribution < -0.4 is 11.1 Å². The van der Waals surface area contributed by atoms with Gasteiger partial charge in [-0.05, 0) is 43.2 Å². The molecule has 1 aromatic heterocycles. The van der Waals surface area contributed by atoms with Crippen LogP contribution >= 0.6 is 12.4 Å². The lowest BCUT2D eigenvalue weighted by Gasteiger charge is -2.25. The Morgan fingerprint density at radius 3 is 2.92 bits per heavy atom. The molecular weight excluding hydrogens is 322 g/mol. The van der Waals surface area contributed by atoms with Gasteiger partial charge in [0.2, 0.25) is 5.91 Å². The van der Waals surface area contributed by atoms with Crippen LogP contribution in [0.4, 0.5) is 0 Å². The van der Waals surface area contributed by atoms with Gasteiger partial charge in [-0.15, -0.1) is 12.4 Å². The Labute approximate surface area is 150 Å². The summed E-state index contributed by atoms with van der Waals surface area (Å²) in [6.45, 7) is 2.86. The summed E-state index contributed by atoms with van der Waals surface area (Å²) in [7, 11) is 0. The second-order valence-corrected chi connectivity index (χ2v) is 6.67. The molecule has 0 aliphatic heterocycles. The maximum Gasteiger partial charge on any atom is 0.223 e. The fraction of sp³-hybridized carbons (Fsp3) is 0.526. The quantitative estimate of drug-likeness (QED) is 0.774. The van der Waals surface area contributed by atoms with Crippen LogP contribution in [0.15, 0.2) is 24.4 Å². The normalized spacial score (nSPS) is 20.6. The van der Waals surface area contributed by atoms with E-state index in [1.54, 1.807) is 0 Å². The van der Waals surface area contributed by atoms with Gasteiger partial charge in [0.05, 0.1) is 0 Å².